The first-order chi connectivity index (χ1) is 9.03. The van der Waals surface area contributed by atoms with Crippen molar-refractivity contribution in [3.8, 4) is 0 Å². The van der Waals surface area contributed by atoms with Gasteiger partial charge in [-0.1, -0.05) is 13.8 Å². The van der Waals surface area contributed by atoms with Crippen LogP contribution in [0.2, 0.25) is 0 Å². The summed E-state index contributed by atoms with van der Waals surface area (Å²) in [6.07, 6.45) is 4.21. The highest BCUT2D eigenvalue weighted by Crippen LogP contribution is 2.50. The SMILES string of the molecule is CCCN(CCC)C(=O)CSCC1(CC(=O)O)CC1. The fraction of sp³-hybridized carbons (Fsp3) is 0.857. The van der Waals surface area contributed by atoms with Crippen molar-refractivity contribution in [2.45, 2.75) is 46.0 Å². The second-order valence-electron chi connectivity index (χ2n) is 5.44. The van der Waals surface area contributed by atoms with E-state index in [0.29, 0.717) is 5.75 Å². The zero-order valence-corrected chi connectivity index (χ0v) is 12.8. The maximum Gasteiger partial charge on any atom is 0.303 e. The van der Waals surface area contributed by atoms with Gasteiger partial charge in [0.25, 0.3) is 0 Å². The van der Waals surface area contributed by atoms with Crippen LogP contribution < -0.4 is 0 Å². The predicted octanol–water partition coefficient (Wildman–Crippen LogP) is 2.62. The van der Waals surface area contributed by atoms with E-state index in [9.17, 15) is 9.59 Å². The van der Waals surface area contributed by atoms with Gasteiger partial charge in [0.05, 0.1) is 12.2 Å². The Labute approximate surface area is 119 Å². The molecule has 0 bridgehead atoms. The van der Waals surface area contributed by atoms with Gasteiger partial charge in [-0.2, -0.15) is 11.8 Å². The van der Waals surface area contributed by atoms with E-state index in [2.05, 4.69) is 13.8 Å². The summed E-state index contributed by atoms with van der Waals surface area (Å²) < 4.78 is 0. The first-order valence-corrected chi connectivity index (χ1v) is 8.26. The molecule has 1 amide bonds. The summed E-state index contributed by atoms with van der Waals surface area (Å²) in [5.74, 6) is 0.765. The quantitative estimate of drug-likeness (QED) is 0.671. The van der Waals surface area contributed by atoms with E-state index in [1.54, 1.807) is 11.8 Å². The second-order valence-corrected chi connectivity index (χ2v) is 6.43. The van der Waals surface area contributed by atoms with E-state index in [1.807, 2.05) is 4.90 Å². The Balaban J connectivity index is 2.27. The number of carbonyl (C=O) groups is 2. The molecule has 0 radical (unpaired) electrons. The molecule has 1 saturated carbocycles. The van der Waals surface area contributed by atoms with Gasteiger partial charge < -0.3 is 10.0 Å². The number of thioether (sulfide) groups is 1. The minimum Gasteiger partial charge on any atom is -0.481 e. The van der Waals surface area contributed by atoms with E-state index < -0.39 is 5.97 Å². The van der Waals surface area contributed by atoms with Gasteiger partial charge in [-0.25, -0.2) is 0 Å². The third kappa shape index (κ3) is 5.85. The first kappa shape index (κ1) is 16.3. The van der Waals surface area contributed by atoms with Crippen molar-refractivity contribution in [3.63, 3.8) is 0 Å². The Bertz CT molecular complexity index is 310. The summed E-state index contributed by atoms with van der Waals surface area (Å²) in [5.41, 5.74) is -0.0167. The van der Waals surface area contributed by atoms with Crippen LogP contribution in [0.15, 0.2) is 0 Å². The number of rotatable bonds is 10. The monoisotopic (exact) mass is 287 g/mol. The molecule has 5 heteroatoms. The number of hydrogen-bond donors (Lipinski definition) is 1. The van der Waals surface area contributed by atoms with Crippen LogP contribution in [-0.4, -0.2) is 46.5 Å². The van der Waals surface area contributed by atoms with Crippen molar-refractivity contribution in [3.05, 3.63) is 0 Å². The van der Waals surface area contributed by atoms with Crippen LogP contribution >= 0.6 is 11.8 Å². The molecule has 0 unspecified atom stereocenters. The summed E-state index contributed by atoms with van der Waals surface area (Å²) >= 11 is 1.60. The Hall–Kier alpha value is -0.710. The summed E-state index contributed by atoms with van der Waals surface area (Å²) in [6, 6.07) is 0. The summed E-state index contributed by atoms with van der Waals surface area (Å²) in [7, 11) is 0. The van der Waals surface area contributed by atoms with Gasteiger partial charge in [0, 0.05) is 13.1 Å². The smallest absolute Gasteiger partial charge is 0.303 e. The molecule has 0 aromatic rings. The molecule has 0 atom stereocenters. The molecule has 1 aliphatic rings. The van der Waals surface area contributed by atoms with Gasteiger partial charge in [-0.05, 0) is 36.9 Å². The molecule has 0 aromatic carbocycles. The van der Waals surface area contributed by atoms with E-state index in [-0.39, 0.29) is 17.7 Å². The first-order valence-electron chi connectivity index (χ1n) is 7.10. The molecule has 0 saturated heterocycles. The van der Waals surface area contributed by atoms with Gasteiger partial charge >= 0.3 is 5.97 Å². The highest BCUT2D eigenvalue weighted by molar-refractivity contribution is 7.99. The molecular formula is C14H25NO3S. The average Bonchev–Trinajstić information content (AvgIpc) is 3.07. The largest absolute Gasteiger partial charge is 0.481 e. The van der Waals surface area contributed by atoms with Gasteiger partial charge in [0.1, 0.15) is 0 Å². The molecular weight excluding hydrogens is 262 g/mol. The van der Waals surface area contributed by atoms with E-state index in [0.717, 1.165) is 44.5 Å². The molecule has 0 spiro atoms. The molecule has 19 heavy (non-hydrogen) atoms. The third-order valence-corrected chi connectivity index (χ3v) is 4.72. The fourth-order valence-electron chi connectivity index (χ4n) is 2.22. The lowest BCUT2D eigenvalue weighted by molar-refractivity contribution is -0.138. The lowest BCUT2D eigenvalue weighted by Gasteiger charge is -2.21. The van der Waals surface area contributed by atoms with Crippen LogP contribution in [0.5, 0.6) is 0 Å². The number of nitrogens with zero attached hydrogens (tertiary/aromatic N) is 1. The molecule has 1 fully saturated rings. The normalized spacial score (nSPS) is 16.1. The van der Waals surface area contributed by atoms with Crippen LogP contribution in [0.4, 0.5) is 0 Å². The molecule has 110 valence electrons. The lowest BCUT2D eigenvalue weighted by Crippen LogP contribution is -2.34. The van der Waals surface area contributed by atoms with Crippen LogP contribution in [-0.2, 0) is 9.59 Å². The number of carboxylic acid groups (broad SMARTS) is 1. The average molecular weight is 287 g/mol. The third-order valence-electron chi connectivity index (χ3n) is 3.46. The summed E-state index contributed by atoms with van der Waals surface area (Å²) in [4.78, 5) is 24.7. The molecule has 4 nitrogen and oxygen atoms in total. The van der Waals surface area contributed by atoms with Crippen LogP contribution in [0.25, 0.3) is 0 Å². The van der Waals surface area contributed by atoms with E-state index in [1.165, 1.54) is 0 Å². The molecule has 1 aliphatic carbocycles. The fourth-order valence-corrected chi connectivity index (χ4v) is 3.50. The number of aliphatic carboxylic acids is 1. The van der Waals surface area contributed by atoms with Crippen molar-refractivity contribution in [1.29, 1.82) is 0 Å². The van der Waals surface area contributed by atoms with Crippen molar-refractivity contribution >= 4 is 23.6 Å². The Morgan fingerprint density at radius 2 is 1.79 bits per heavy atom. The van der Waals surface area contributed by atoms with Crippen molar-refractivity contribution in [2.75, 3.05) is 24.6 Å². The number of amides is 1. The van der Waals surface area contributed by atoms with Crippen molar-refractivity contribution < 1.29 is 14.7 Å². The zero-order valence-electron chi connectivity index (χ0n) is 12.0. The topological polar surface area (TPSA) is 57.6 Å². The Kier molecular flexibility index (Phi) is 6.69. The van der Waals surface area contributed by atoms with Crippen LogP contribution in [0.3, 0.4) is 0 Å². The maximum atomic E-state index is 12.0. The predicted molar refractivity (Wildman–Crippen MR) is 78.4 cm³/mol. The number of hydrogen-bond acceptors (Lipinski definition) is 3. The van der Waals surface area contributed by atoms with E-state index in [4.69, 9.17) is 5.11 Å². The summed E-state index contributed by atoms with van der Waals surface area (Å²) in [5, 5.41) is 8.84. The van der Waals surface area contributed by atoms with Crippen molar-refractivity contribution in [2.24, 2.45) is 5.41 Å². The molecule has 1 N–H and O–H groups in total. The highest BCUT2D eigenvalue weighted by atomic mass is 32.2. The van der Waals surface area contributed by atoms with Crippen molar-refractivity contribution in [1.82, 2.24) is 4.90 Å². The highest BCUT2D eigenvalue weighted by Gasteiger charge is 2.44. The molecule has 0 aliphatic heterocycles. The Morgan fingerprint density at radius 1 is 1.21 bits per heavy atom. The van der Waals surface area contributed by atoms with Gasteiger partial charge in [-0.15, -0.1) is 0 Å². The van der Waals surface area contributed by atoms with E-state index >= 15 is 0 Å². The number of carboxylic acids is 1. The minimum atomic E-state index is -0.719. The molecule has 1 rings (SSSR count). The summed E-state index contributed by atoms with van der Waals surface area (Å²) in [6.45, 7) is 5.81. The second kappa shape index (κ2) is 7.78. The van der Waals surface area contributed by atoms with Gasteiger partial charge in [0.15, 0.2) is 0 Å². The minimum absolute atomic E-state index is 0.0167. The standard InChI is InChI=1S/C14H25NO3S/c1-3-7-15(8-4-2)12(16)10-19-11-14(5-6-14)9-13(17)18/h3-11H2,1-2H3,(H,17,18). The molecule has 0 aromatic heterocycles. The van der Waals surface area contributed by atoms with Gasteiger partial charge in [-0.3, -0.25) is 9.59 Å². The molecule has 0 heterocycles. The van der Waals surface area contributed by atoms with Gasteiger partial charge in [0.2, 0.25) is 5.91 Å². The lowest BCUT2D eigenvalue weighted by atomic mass is 10.1. The maximum absolute atomic E-state index is 12.0. The van der Waals surface area contributed by atoms with Crippen LogP contribution in [0, 0.1) is 5.41 Å². The number of carbonyl (C=O) groups excluding carboxylic acids is 1. The van der Waals surface area contributed by atoms with Crippen LogP contribution in [0.1, 0.15) is 46.0 Å². The Morgan fingerprint density at radius 3 is 2.21 bits per heavy atom. The zero-order chi connectivity index (χ0) is 14.3.